The van der Waals surface area contributed by atoms with Gasteiger partial charge >= 0.3 is 0 Å². The molecule has 0 N–H and O–H groups in total. The molecule has 0 spiro atoms. The van der Waals surface area contributed by atoms with Gasteiger partial charge in [0.1, 0.15) is 12.1 Å². The van der Waals surface area contributed by atoms with Gasteiger partial charge in [0.05, 0.1) is 22.3 Å². The van der Waals surface area contributed by atoms with Crippen LogP contribution < -0.4 is 4.90 Å². The van der Waals surface area contributed by atoms with E-state index in [1.165, 1.54) is 12.8 Å². The van der Waals surface area contributed by atoms with Crippen LogP contribution in [0.25, 0.3) is 16.7 Å². The molecule has 1 aromatic carbocycles. The molecular formula is C17H18ClN5. The fraction of sp³-hybridized carbons (Fsp3) is 0.353. The van der Waals surface area contributed by atoms with Gasteiger partial charge in [0.15, 0.2) is 5.65 Å². The molecule has 0 amide bonds. The molecule has 118 valence electrons. The molecule has 1 aliphatic heterocycles. The first kappa shape index (κ1) is 14.5. The number of para-hydroxylation sites is 1. The van der Waals surface area contributed by atoms with Gasteiger partial charge in [-0.1, -0.05) is 30.7 Å². The predicted molar refractivity (Wildman–Crippen MR) is 92.3 cm³/mol. The number of piperidine rings is 1. The normalized spacial score (nSPS) is 18.5. The largest absolute Gasteiger partial charge is 0.356 e. The number of rotatable bonds is 2. The summed E-state index contributed by atoms with van der Waals surface area (Å²) in [7, 11) is 0. The van der Waals surface area contributed by atoms with Gasteiger partial charge in [0.2, 0.25) is 0 Å². The van der Waals surface area contributed by atoms with Gasteiger partial charge in [-0.25, -0.2) is 14.6 Å². The minimum Gasteiger partial charge on any atom is -0.356 e. The molecule has 4 rings (SSSR count). The van der Waals surface area contributed by atoms with Gasteiger partial charge < -0.3 is 4.90 Å². The predicted octanol–water partition coefficient (Wildman–Crippen LogP) is 3.71. The molecule has 3 aromatic rings. The summed E-state index contributed by atoms with van der Waals surface area (Å²) in [5.41, 5.74) is 1.63. The number of halogens is 1. The number of nitrogens with zero attached hydrogens (tertiary/aromatic N) is 5. The lowest BCUT2D eigenvalue weighted by molar-refractivity contribution is 0.445. The van der Waals surface area contributed by atoms with Crippen molar-refractivity contribution in [2.24, 2.45) is 5.92 Å². The Morgan fingerprint density at radius 1 is 1.22 bits per heavy atom. The monoisotopic (exact) mass is 327 g/mol. The highest BCUT2D eigenvalue weighted by Crippen LogP contribution is 2.29. The summed E-state index contributed by atoms with van der Waals surface area (Å²) in [5, 5.41) is 6.13. The molecule has 0 aliphatic carbocycles. The number of hydrogen-bond donors (Lipinski definition) is 0. The van der Waals surface area contributed by atoms with Crippen molar-refractivity contribution in [1.29, 1.82) is 0 Å². The molecule has 0 unspecified atom stereocenters. The van der Waals surface area contributed by atoms with Gasteiger partial charge in [0, 0.05) is 13.1 Å². The zero-order valence-corrected chi connectivity index (χ0v) is 13.7. The SMILES string of the molecule is C[C@@H]1CCCN(c2ncnc3c2cnn3-c2ccccc2Cl)C1. The molecule has 0 bridgehead atoms. The average Bonchev–Trinajstić information content (AvgIpc) is 2.99. The molecule has 6 heteroatoms. The molecule has 23 heavy (non-hydrogen) atoms. The summed E-state index contributed by atoms with van der Waals surface area (Å²) >= 11 is 6.31. The highest BCUT2D eigenvalue weighted by atomic mass is 35.5. The van der Waals surface area contributed by atoms with Crippen LogP contribution in [-0.2, 0) is 0 Å². The fourth-order valence-electron chi connectivity index (χ4n) is 3.27. The topological polar surface area (TPSA) is 46.8 Å². The molecule has 5 nitrogen and oxygen atoms in total. The van der Waals surface area contributed by atoms with E-state index in [0.717, 1.165) is 35.6 Å². The third kappa shape index (κ3) is 2.55. The first-order valence-corrected chi connectivity index (χ1v) is 8.30. The summed E-state index contributed by atoms with van der Waals surface area (Å²) in [4.78, 5) is 11.3. The van der Waals surface area contributed by atoms with Gasteiger partial charge in [-0.05, 0) is 30.9 Å². The van der Waals surface area contributed by atoms with Crippen LogP contribution in [-0.4, -0.2) is 32.8 Å². The third-order valence-corrected chi connectivity index (χ3v) is 4.70. The Bertz CT molecular complexity index is 844. The maximum absolute atomic E-state index is 6.31. The molecule has 0 saturated carbocycles. The molecule has 3 heterocycles. The zero-order chi connectivity index (χ0) is 15.8. The Balaban J connectivity index is 1.82. The van der Waals surface area contributed by atoms with Gasteiger partial charge in [-0.3, -0.25) is 0 Å². The van der Waals surface area contributed by atoms with E-state index >= 15 is 0 Å². The molecule has 1 saturated heterocycles. The minimum absolute atomic E-state index is 0.657. The molecule has 1 aliphatic rings. The number of aromatic nitrogens is 4. The minimum atomic E-state index is 0.657. The van der Waals surface area contributed by atoms with Crippen LogP contribution in [0.5, 0.6) is 0 Å². The number of fused-ring (bicyclic) bond motifs is 1. The van der Waals surface area contributed by atoms with E-state index in [1.807, 2.05) is 30.5 Å². The van der Waals surface area contributed by atoms with Crippen molar-refractivity contribution < 1.29 is 0 Å². The van der Waals surface area contributed by atoms with Crippen molar-refractivity contribution in [3.8, 4) is 5.69 Å². The lowest BCUT2D eigenvalue weighted by atomic mass is 10.0. The van der Waals surface area contributed by atoms with Crippen molar-refractivity contribution in [3.05, 3.63) is 41.8 Å². The van der Waals surface area contributed by atoms with Crippen LogP contribution >= 0.6 is 11.6 Å². The summed E-state index contributed by atoms with van der Waals surface area (Å²) in [6.45, 7) is 4.36. The van der Waals surface area contributed by atoms with E-state index in [2.05, 4.69) is 26.9 Å². The maximum Gasteiger partial charge on any atom is 0.168 e. The first-order valence-electron chi connectivity index (χ1n) is 7.92. The van der Waals surface area contributed by atoms with Crippen LogP contribution in [0.15, 0.2) is 36.8 Å². The highest BCUT2D eigenvalue weighted by Gasteiger charge is 2.21. The summed E-state index contributed by atoms with van der Waals surface area (Å²) in [5.74, 6) is 1.66. The third-order valence-electron chi connectivity index (χ3n) is 4.38. The highest BCUT2D eigenvalue weighted by molar-refractivity contribution is 6.32. The summed E-state index contributed by atoms with van der Waals surface area (Å²) < 4.78 is 1.79. The Hall–Kier alpha value is -2.14. The van der Waals surface area contributed by atoms with Crippen LogP contribution in [0, 0.1) is 5.92 Å². The maximum atomic E-state index is 6.31. The van der Waals surface area contributed by atoms with Gasteiger partial charge in [0.25, 0.3) is 0 Å². The molecule has 1 atom stereocenters. The molecule has 1 fully saturated rings. The quantitative estimate of drug-likeness (QED) is 0.720. The van der Waals surface area contributed by atoms with Crippen LogP contribution in [0.2, 0.25) is 5.02 Å². The van der Waals surface area contributed by atoms with Crippen molar-refractivity contribution in [3.63, 3.8) is 0 Å². The summed E-state index contributed by atoms with van der Waals surface area (Å²) in [6, 6.07) is 7.66. The Kier molecular flexibility index (Phi) is 3.65. The zero-order valence-electron chi connectivity index (χ0n) is 13.0. The number of hydrogen-bond acceptors (Lipinski definition) is 4. The van der Waals surface area contributed by atoms with E-state index in [4.69, 9.17) is 11.6 Å². The molecule has 0 radical (unpaired) electrons. The fourth-order valence-corrected chi connectivity index (χ4v) is 3.48. The smallest absolute Gasteiger partial charge is 0.168 e. The van der Waals surface area contributed by atoms with Gasteiger partial charge in [-0.2, -0.15) is 5.10 Å². The lowest BCUT2D eigenvalue weighted by Gasteiger charge is -2.31. The van der Waals surface area contributed by atoms with E-state index in [-0.39, 0.29) is 0 Å². The Labute approximate surface area is 139 Å². The van der Waals surface area contributed by atoms with E-state index < -0.39 is 0 Å². The molecular weight excluding hydrogens is 310 g/mol. The number of anilines is 1. The Morgan fingerprint density at radius 3 is 2.91 bits per heavy atom. The van der Waals surface area contributed by atoms with Crippen molar-refractivity contribution in [2.45, 2.75) is 19.8 Å². The van der Waals surface area contributed by atoms with E-state index in [9.17, 15) is 0 Å². The van der Waals surface area contributed by atoms with Gasteiger partial charge in [-0.15, -0.1) is 0 Å². The summed E-state index contributed by atoms with van der Waals surface area (Å²) in [6.07, 6.45) is 5.94. The van der Waals surface area contributed by atoms with E-state index in [1.54, 1.807) is 11.0 Å². The Morgan fingerprint density at radius 2 is 2.09 bits per heavy atom. The lowest BCUT2D eigenvalue weighted by Crippen LogP contribution is -2.34. The second-order valence-corrected chi connectivity index (χ2v) is 6.54. The molecule has 2 aromatic heterocycles. The second-order valence-electron chi connectivity index (χ2n) is 6.14. The average molecular weight is 328 g/mol. The van der Waals surface area contributed by atoms with Crippen molar-refractivity contribution in [1.82, 2.24) is 19.7 Å². The van der Waals surface area contributed by atoms with Crippen molar-refractivity contribution >= 4 is 28.5 Å². The van der Waals surface area contributed by atoms with Crippen LogP contribution in [0.4, 0.5) is 5.82 Å². The van der Waals surface area contributed by atoms with Crippen LogP contribution in [0.1, 0.15) is 19.8 Å². The number of benzene rings is 1. The van der Waals surface area contributed by atoms with Crippen molar-refractivity contribution in [2.75, 3.05) is 18.0 Å². The van der Waals surface area contributed by atoms with Crippen LogP contribution in [0.3, 0.4) is 0 Å². The standard InChI is InChI=1S/C17H18ClN5/c1-12-5-4-8-22(10-12)16-13-9-21-23(17(13)20-11-19-16)15-7-3-2-6-14(15)18/h2-3,6-7,9,11-12H,4-5,8,10H2,1H3/t12-/m1/s1. The van der Waals surface area contributed by atoms with E-state index in [0.29, 0.717) is 10.9 Å². The second kappa shape index (κ2) is 5.81. The first-order chi connectivity index (χ1) is 11.2.